The summed E-state index contributed by atoms with van der Waals surface area (Å²) in [4.78, 5) is 31.5. The number of thioether (sulfide) groups is 1. The number of hydrogen-bond donors (Lipinski definition) is 1. The highest BCUT2D eigenvalue weighted by Crippen LogP contribution is 2.28. The molecule has 0 aliphatic carbocycles. The number of anilines is 1. The fourth-order valence-electron chi connectivity index (χ4n) is 2.86. The number of benzene rings is 2. The lowest BCUT2D eigenvalue weighted by molar-refractivity contribution is -0.129. The van der Waals surface area contributed by atoms with E-state index < -0.39 is 5.25 Å². The van der Waals surface area contributed by atoms with Gasteiger partial charge in [0.05, 0.1) is 0 Å². The summed E-state index contributed by atoms with van der Waals surface area (Å²) in [5.74, 6) is -0.212. The molecule has 1 N–H and O–H groups in total. The third kappa shape index (κ3) is 5.20. The van der Waals surface area contributed by atoms with E-state index in [1.165, 1.54) is 17.3 Å². The fraction of sp³-hybridized carbons (Fsp3) is 0.286. The van der Waals surface area contributed by atoms with Crippen LogP contribution in [0, 0.1) is 0 Å². The number of nitrogens with one attached hydrogen (secondary N) is 1. The maximum Gasteiger partial charge on any atom is 0.238 e. The highest BCUT2D eigenvalue weighted by molar-refractivity contribution is 8.15. The smallest absolute Gasteiger partial charge is 0.238 e. The van der Waals surface area contributed by atoms with Crippen molar-refractivity contribution < 1.29 is 9.59 Å². The van der Waals surface area contributed by atoms with Crippen molar-refractivity contribution in [1.82, 2.24) is 4.90 Å². The molecule has 1 atom stereocenters. The van der Waals surface area contributed by atoms with E-state index >= 15 is 0 Å². The van der Waals surface area contributed by atoms with Crippen LogP contribution in [0.5, 0.6) is 0 Å². The molecule has 1 saturated heterocycles. The van der Waals surface area contributed by atoms with Gasteiger partial charge in [0.2, 0.25) is 11.8 Å². The number of carbonyl (C=O) groups excluding carboxylic acids is 2. The van der Waals surface area contributed by atoms with Crippen LogP contribution in [0.15, 0.2) is 65.7 Å². The largest absolute Gasteiger partial charge is 0.325 e. The summed E-state index contributed by atoms with van der Waals surface area (Å²) in [5.41, 5.74) is 1.91. The summed E-state index contributed by atoms with van der Waals surface area (Å²) in [5, 5.41) is 3.06. The Morgan fingerprint density at radius 3 is 2.48 bits per heavy atom. The molecule has 5 nitrogen and oxygen atoms in total. The Morgan fingerprint density at radius 1 is 1.15 bits per heavy atom. The fourth-order valence-corrected chi connectivity index (χ4v) is 4.03. The highest BCUT2D eigenvalue weighted by atomic mass is 32.2. The van der Waals surface area contributed by atoms with Gasteiger partial charge >= 0.3 is 0 Å². The molecular formula is C21H23N3O2S. The van der Waals surface area contributed by atoms with Gasteiger partial charge in [-0.1, -0.05) is 60.3 Å². The van der Waals surface area contributed by atoms with Crippen molar-refractivity contribution >= 4 is 34.4 Å². The number of amides is 2. The molecule has 0 aromatic heterocycles. The Kier molecular flexibility index (Phi) is 6.65. The zero-order valence-electron chi connectivity index (χ0n) is 15.3. The average Bonchev–Trinajstić information content (AvgIpc) is 2.69. The summed E-state index contributed by atoms with van der Waals surface area (Å²) < 4.78 is 0. The van der Waals surface area contributed by atoms with Gasteiger partial charge in [-0.15, -0.1) is 0 Å². The predicted molar refractivity (Wildman–Crippen MR) is 111 cm³/mol. The molecule has 0 unspecified atom stereocenters. The molecule has 0 bridgehead atoms. The van der Waals surface area contributed by atoms with Gasteiger partial charge in [-0.05, 0) is 31.0 Å². The van der Waals surface area contributed by atoms with Gasteiger partial charge in [0.1, 0.15) is 5.25 Å². The quantitative estimate of drug-likeness (QED) is 0.832. The first-order valence-electron chi connectivity index (χ1n) is 9.08. The van der Waals surface area contributed by atoms with Gasteiger partial charge < -0.3 is 5.32 Å². The maximum absolute atomic E-state index is 12.7. The van der Waals surface area contributed by atoms with E-state index in [4.69, 9.17) is 0 Å². The maximum atomic E-state index is 12.7. The summed E-state index contributed by atoms with van der Waals surface area (Å²) in [6, 6.07) is 19.4. The summed E-state index contributed by atoms with van der Waals surface area (Å²) in [6.07, 6.45) is 0.942. The van der Waals surface area contributed by atoms with Crippen molar-refractivity contribution in [2.75, 3.05) is 18.4 Å². The lowest BCUT2D eigenvalue weighted by Crippen LogP contribution is -2.46. The van der Waals surface area contributed by atoms with Gasteiger partial charge in [0.15, 0.2) is 5.17 Å². The van der Waals surface area contributed by atoms with Crippen LogP contribution in [0.2, 0.25) is 0 Å². The van der Waals surface area contributed by atoms with Crippen molar-refractivity contribution in [3.05, 3.63) is 66.2 Å². The Labute approximate surface area is 163 Å². The normalized spacial score (nSPS) is 18.6. The van der Waals surface area contributed by atoms with Gasteiger partial charge in [-0.3, -0.25) is 19.5 Å². The topological polar surface area (TPSA) is 61.8 Å². The number of aliphatic imine (C=N–C) groups is 1. The summed E-state index contributed by atoms with van der Waals surface area (Å²) in [6.45, 7) is 3.08. The molecular weight excluding hydrogens is 358 g/mol. The SMILES string of the molecule is CCN=C1S[C@@H](C(=O)Nc2ccccc2)CC(=O)N1CCc1ccccc1. The minimum Gasteiger partial charge on any atom is -0.325 e. The zero-order chi connectivity index (χ0) is 19.1. The molecule has 140 valence electrons. The van der Waals surface area contributed by atoms with Gasteiger partial charge in [0.25, 0.3) is 0 Å². The molecule has 2 aromatic carbocycles. The van der Waals surface area contributed by atoms with E-state index in [1.807, 2.05) is 67.6 Å². The molecule has 0 spiro atoms. The molecule has 2 aromatic rings. The van der Waals surface area contributed by atoms with Crippen LogP contribution in [-0.4, -0.2) is 40.2 Å². The molecule has 1 aliphatic rings. The third-order valence-corrected chi connectivity index (χ3v) is 5.46. The molecule has 1 fully saturated rings. The average molecular weight is 382 g/mol. The van der Waals surface area contributed by atoms with Crippen LogP contribution in [0.3, 0.4) is 0 Å². The second kappa shape index (κ2) is 9.37. The minimum atomic E-state index is -0.462. The van der Waals surface area contributed by atoms with Gasteiger partial charge in [0, 0.05) is 25.2 Å². The van der Waals surface area contributed by atoms with E-state index in [-0.39, 0.29) is 18.2 Å². The number of hydrogen-bond acceptors (Lipinski definition) is 4. The Balaban J connectivity index is 1.66. The zero-order valence-corrected chi connectivity index (χ0v) is 16.1. The van der Waals surface area contributed by atoms with Crippen LogP contribution in [-0.2, 0) is 16.0 Å². The molecule has 27 heavy (non-hydrogen) atoms. The molecule has 2 amide bonds. The first-order chi connectivity index (χ1) is 13.2. The van der Waals surface area contributed by atoms with Crippen LogP contribution >= 0.6 is 11.8 Å². The highest BCUT2D eigenvalue weighted by Gasteiger charge is 2.35. The molecule has 1 heterocycles. The van der Waals surface area contributed by atoms with Crippen molar-refractivity contribution in [1.29, 1.82) is 0 Å². The van der Waals surface area contributed by atoms with Crippen molar-refractivity contribution in [3.63, 3.8) is 0 Å². The number of carbonyl (C=O) groups is 2. The van der Waals surface area contributed by atoms with Crippen molar-refractivity contribution in [2.24, 2.45) is 4.99 Å². The second-order valence-corrected chi connectivity index (χ2v) is 7.37. The molecule has 0 radical (unpaired) electrons. The molecule has 6 heteroatoms. The summed E-state index contributed by atoms with van der Waals surface area (Å²) in [7, 11) is 0. The van der Waals surface area contributed by atoms with E-state index in [9.17, 15) is 9.59 Å². The monoisotopic (exact) mass is 381 g/mol. The van der Waals surface area contributed by atoms with Crippen molar-refractivity contribution in [3.8, 4) is 0 Å². The summed E-state index contributed by atoms with van der Waals surface area (Å²) >= 11 is 1.37. The third-order valence-electron chi connectivity index (χ3n) is 4.23. The second-order valence-electron chi connectivity index (χ2n) is 6.20. The first-order valence-corrected chi connectivity index (χ1v) is 9.96. The van der Waals surface area contributed by atoms with Crippen LogP contribution in [0.25, 0.3) is 0 Å². The lowest BCUT2D eigenvalue weighted by Gasteiger charge is -2.31. The molecule has 3 rings (SSSR count). The minimum absolute atomic E-state index is 0.0508. The molecule has 0 saturated carbocycles. The van der Waals surface area contributed by atoms with Gasteiger partial charge in [-0.2, -0.15) is 0 Å². The van der Waals surface area contributed by atoms with Crippen LogP contribution < -0.4 is 5.32 Å². The van der Waals surface area contributed by atoms with Crippen LogP contribution in [0.4, 0.5) is 5.69 Å². The number of nitrogens with zero attached hydrogens (tertiary/aromatic N) is 2. The number of rotatable bonds is 6. The Hall–Kier alpha value is -2.60. The number of amidine groups is 1. The lowest BCUT2D eigenvalue weighted by atomic mass is 10.1. The van der Waals surface area contributed by atoms with E-state index in [0.29, 0.717) is 18.3 Å². The van der Waals surface area contributed by atoms with Crippen molar-refractivity contribution in [2.45, 2.75) is 25.0 Å². The van der Waals surface area contributed by atoms with E-state index in [2.05, 4.69) is 10.3 Å². The predicted octanol–water partition coefficient (Wildman–Crippen LogP) is 3.58. The molecule has 1 aliphatic heterocycles. The Bertz CT molecular complexity index is 809. The first kappa shape index (κ1) is 19.2. The van der Waals surface area contributed by atoms with Crippen LogP contribution in [0.1, 0.15) is 18.9 Å². The van der Waals surface area contributed by atoms with Gasteiger partial charge in [-0.25, -0.2) is 0 Å². The van der Waals surface area contributed by atoms with E-state index in [0.717, 1.165) is 12.1 Å². The number of para-hydroxylation sites is 1. The standard InChI is InChI=1S/C21H23N3O2S/c1-2-22-21-24(14-13-16-9-5-3-6-10-16)19(25)15-18(27-21)20(26)23-17-11-7-4-8-12-17/h3-12,18H,2,13-15H2,1H3,(H,23,26)/t18-/m1/s1. The van der Waals surface area contributed by atoms with E-state index in [1.54, 1.807) is 4.90 Å². The Morgan fingerprint density at radius 2 is 1.81 bits per heavy atom.